The van der Waals surface area contributed by atoms with Gasteiger partial charge in [-0.25, -0.2) is 4.98 Å². The van der Waals surface area contributed by atoms with Crippen LogP contribution in [0.25, 0.3) is 16.4 Å². The zero-order chi connectivity index (χ0) is 41.0. The first-order chi connectivity index (χ1) is 28.0. The van der Waals surface area contributed by atoms with Crippen molar-refractivity contribution in [2.45, 2.75) is 20.8 Å². The molecule has 3 aromatic rings. The minimum atomic E-state index is 0.927. The number of aryl methyl sites for hydroxylation is 3. The van der Waals surface area contributed by atoms with Gasteiger partial charge in [0.2, 0.25) is 0 Å². The first kappa shape index (κ1) is 60.6. The van der Waals surface area contributed by atoms with Gasteiger partial charge in [0.1, 0.15) is 10.3 Å². The van der Waals surface area contributed by atoms with Crippen molar-refractivity contribution < 1.29 is 0 Å². The highest BCUT2D eigenvalue weighted by atomic mass is 79.9. The summed E-state index contributed by atoms with van der Waals surface area (Å²) in [5.41, 5.74) is 4.77. The zero-order valence-electron chi connectivity index (χ0n) is 26.4. The Morgan fingerprint density at radius 3 is 0.895 bits per heavy atom. The molecule has 0 N–H and O–H groups in total. The van der Waals surface area contributed by atoms with Gasteiger partial charge in [-0.1, -0.05) is 24.3 Å². The second-order valence-corrected chi connectivity index (χ2v) is 75.0. The minimum absolute atomic E-state index is 0.927. The summed E-state index contributed by atoms with van der Waals surface area (Å²) < 4.78 is 3.15. The molecule has 0 aliphatic rings. The van der Waals surface area contributed by atoms with Gasteiger partial charge >= 0.3 is 0 Å². The molecule has 0 saturated carbocycles. The van der Waals surface area contributed by atoms with E-state index in [2.05, 4.69) is 70.4 Å². The van der Waals surface area contributed by atoms with Crippen molar-refractivity contribution >= 4 is 392 Å². The van der Waals surface area contributed by atoms with Crippen LogP contribution in [-0.2, 0) is 360 Å². The van der Waals surface area contributed by atoms with Crippen molar-refractivity contribution in [2.24, 2.45) is 0 Å². The largest absolute Gasteiger partial charge is 0.300 e. The molecule has 2 nitrogen and oxygen atoms in total. The molecule has 2 aromatic heterocycles. The highest BCUT2D eigenvalue weighted by molar-refractivity contribution is 9.10. The fourth-order valence-corrected chi connectivity index (χ4v) is 102. The molecule has 0 bridgehead atoms. The predicted molar refractivity (Wildman–Crippen MR) is 369 cm³/mol. The van der Waals surface area contributed by atoms with Gasteiger partial charge in [-0.15, -0.1) is 0 Å². The Morgan fingerprint density at radius 1 is 0.386 bits per heavy atom. The maximum Gasteiger partial charge on any atom is 0.146 e. The van der Waals surface area contributed by atoms with E-state index in [-0.39, 0.29) is 0 Å². The zero-order valence-corrected chi connectivity index (χ0v) is 60.7. The van der Waals surface area contributed by atoms with E-state index in [9.17, 15) is 0 Å². The van der Waals surface area contributed by atoms with Crippen LogP contribution in [0.4, 0.5) is 0 Å². The number of hydrogen-bond donors (Lipinski definition) is 0. The normalized spacial score (nSPS) is 8.84. The van der Waals surface area contributed by atoms with Gasteiger partial charge in [0.25, 0.3) is 0 Å². The fourth-order valence-electron chi connectivity index (χ4n) is 2.84. The fraction of sp³-hybridized carbons (Fsp3) is 0.214. The van der Waals surface area contributed by atoms with Gasteiger partial charge in [0.15, 0.2) is 0 Å². The van der Waals surface area contributed by atoms with E-state index in [1.54, 1.807) is 107 Å². The summed E-state index contributed by atoms with van der Waals surface area (Å²) in [5, 5.41) is 2.50. The molecular weight excluding hydrogens is 1560 g/mol. The summed E-state index contributed by atoms with van der Waals surface area (Å²) >= 11 is 13.1. The summed E-state index contributed by atoms with van der Waals surface area (Å²) in [5.74, 6) is 0. The Kier molecular flexibility index (Phi) is 47.4. The van der Waals surface area contributed by atoms with Crippen LogP contribution in [0.5, 0.6) is 0 Å². The van der Waals surface area contributed by atoms with Crippen molar-refractivity contribution in [3.8, 4) is 0 Å². The van der Waals surface area contributed by atoms with Crippen molar-refractivity contribution in [3.63, 3.8) is 0 Å². The molecule has 0 spiro atoms. The van der Waals surface area contributed by atoms with Crippen molar-refractivity contribution in [3.05, 3.63) is 45.8 Å². The second kappa shape index (κ2) is 44.6. The van der Waals surface area contributed by atoms with Crippen LogP contribution in [0.15, 0.2) is 28.9 Å². The molecule has 43 heteroatoms. The lowest BCUT2D eigenvalue weighted by molar-refractivity contribution is 1.03. The number of rotatable bonds is 0. The highest BCUT2D eigenvalue weighted by Gasteiger charge is 2.13. The number of pyridine rings is 1. The van der Waals surface area contributed by atoms with E-state index in [0.717, 1.165) is 15.9 Å². The molecule has 2 heterocycles. The number of fused-ring (bicyclic) bond motifs is 3. The molecule has 0 radical (unpaired) electrons. The lowest BCUT2D eigenvalue weighted by Crippen LogP contribution is -1.98. The van der Waals surface area contributed by atoms with Crippen LogP contribution in [-0.4, -0.2) is 9.38 Å². The topological polar surface area (TPSA) is 17.3 Å². The molecule has 0 fully saturated rings. The first-order valence-corrected chi connectivity index (χ1v) is 64.9. The molecule has 0 atom stereocenters. The van der Waals surface area contributed by atoms with Gasteiger partial charge in [-0.2, -0.15) is 0 Å². The van der Waals surface area contributed by atoms with Gasteiger partial charge in [0, 0.05) is 371 Å². The first-order valence-electron chi connectivity index (χ1n) is 12.1. The molecule has 1 aromatic carbocycles. The summed E-state index contributed by atoms with van der Waals surface area (Å²) in [6, 6.07) is 8.44. The van der Waals surface area contributed by atoms with E-state index in [1.807, 2.05) is 213 Å². The molecule has 0 amide bonds. The summed E-state index contributed by atoms with van der Waals surface area (Å²) in [6.07, 6.45) is 0. The standard InChI is InChI=1S/C14H13BrN2.S40/c1-8-9(2)17-10(3)13(15)16-14(17)12-7-5-4-6-11(8)12;1-3-5-7-9-11-13-15-17-19-21-23-25-27-29-31-33-35-37-39-40-38-36-34-32-30-28-26-24-22-20-18-16-14-12-10-8-6-4-2/h4-7H,1-3H3;. The summed E-state index contributed by atoms with van der Waals surface area (Å²) in [4.78, 5) is 4.62. The Labute approximate surface area is 456 Å². The molecule has 326 valence electrons. The monoisotopic (exact) mass is 1570 g/mol. The third kappa shape index (κ3) is 31.3. The number of hydrogen-bond acceptors (Lipinski definition) is 3. The molecule has 0 saturated heterocycles. The van der Waals surface area contributed by atoms with Crippen molar-refractivity contribution in [1.29, 1.82) is 0 Å². The Bertz CT molecular complexity index is 3610. The van der Waals surface area contributed by atoms with Gasteiger partial charge in [-0.05, 0) is 47.7 Å². The number of halogens is 1. The number of aromatic nitrogens is 2. The van der Waals surface area contributed by atoms with Crippen LogP contribution in [0.3, 0.4) is 0 Å². The van der Waals surface area contributed by atoms with E-state index in [0.29, 0.717) is 0 Å². The maximum absolute atomic E-state index is 4.80. The van der Waals surface area contributed by atoms with E-state index in [4.69, 9.17) is 22.4 Å². The smallest absolute Gasteiger partial charge is 0.146 e. The van der Waals surface area contributed by atoms with Crippen LogP contribution in [0.2, 0.25) is 0 Å². The van der Waals surface area contributed by atoms with Gasteiger partial charge in [0.05, 0.1) is 5.69 Å². The third-order valence-electron chi connectivity index (χ3n) is 4.53. The molecular formula is C14H13BrN2S40. The summed E-state index contributed by atoms with van der Waals surface area (Å²) in [7, 11) is 67.4. The molecule has 0 unspecified atom stereocenters. The second-order valence-electron chi connectivity index (χ2n) is 6.99. The number of benzene rings is 1. The van der Waals surface area contributed by atoms with Crippen LogP contribution in [0, 0.1) is 20.8 Å². The van der Waals surface area contributed by atoms with Crippen LogP contribution in [0.1, 0.15) is 17.0 Å². The quantitative estimate of drug-likeness (QED) is 0.339. The van der Waals surface area contributed by atoms with E-state index < -0.39 is 0 Å². The van der Waals surface area contributed by atoms with Crippen molar-refractivity contribution in [2.75, 3.05) is 0 Å². The van der Waals surface area contributed by atoms with Crippen LogP contribution >= 0.6 is 15.9 Å². The predicted octanol–water partition coefficient (Wildman–Crippen LogP) is 4.08. The summed E-state index contributed by atoms with van der Waals surface area (Å²) in [6.45, 7) is 6.41. The van der Waals surface area contributed by atoms with E-state index >= 15 is 0 Å². The number of nitrogens with zero attached hydrogens (tertiary/aromatic N) is 2. The Hall–Kier alpha value is 7.45. The maximum atomic E-state index is 4.80. The SMILES string of the molecule is Cc1c(C)n2c(C)c(Br)nc2c2ccccc12.S=S=S=S=S=S=S=S=S=S=S=S=S=S=S=S=S=S=S=S=S=S=S=S=S=S=S=S=S=S=S=S=S=S=S=S=S=S=S=S. The molecule has 0 aliphatic heterocycles. The molecule has 57 heavy (non-hydrogen) atoms. The lowest BCUT2D eigenvalue weighted by Gasteiger charge is -2.10. The van der Waals surface area contributed by atoms with Crippen LogP contribution < -0.4 is 0 Å². The molecule has 0 aliphatic carbocycles. The number of imidazole rings is 1. The van der Waals surface area contributed by atoms with Crippen molar-refractivity contribution in [1.82, 2.24) is 9.38 Å². The van der Waals surface area contributed by atoms with Gasteiger partial charge < -0.3 is 0 Å². The average Bonchev–Trinajstić information content (AvgIpc) is 3.53. The minimum Gasteiger partial charge on any atom is -0.300 e. The molecule has 3 rings (SSSR count). The Balaban J connectivity index is 0.000000535. The van der Waals surface area contributed by atoms with E-state index in [1.165, 1.54) is 39.8 Å². The third-order valence-corrected chi connectivity index (χ3v) is 87.5. The average molecular weight is 1570 g/mol. The Morgan fingerprint density at radius 2 is 0.632 bits per heavy atom. The van der Waals surface area contributed by atoms with Gasteiger partial charge in [-0.3, -0.25) is 4.40 Å². The highest BCUT2D eigenvalue weighted by Crippen LogP contribution is 2.29. The lowest BCUT2D eigenvalue weighted by atomic mass is 10.1.